The van der Waals surface area contributed by atoms with Gasteiger partial charge < -0.3 is 15.2 Å². The number of urea groups is 1. The Bertz CT molecular complexity index is 1450. The number of nitrogens with zero attached hydrogens (tertiary/aromatic N) is 5. The summed E-state index contributed by atoms with van der Waals surface area (Å²) < 4.78 is 44.6. The Morgan fingerprint density at radius 2 is 1.82 bits per heavy atom. The number of aromatic nitrogens is 3. The molecule has 4 aromatic rings. The number of carbonyl (C=O) groups excluding carboxylic acids is 1. The summed E-state index contributed by atoms with van der Waals surface area (Å²) >= 11 is 0. The van der Waals surface area contributed by atoms with E-state index in [1.807, 2.05) is 0 Å². The van der Waals surface area contributed by atoms with Crippen molar-refractivity contribution in [3.8, 4) is 11.1 Å². The molecule has 0 aliphatic carbocycles. The first kappa shape index (κ1) is 21.7. The van der Waals surface area contributed by atoms with Crippen LogP contribution >= 0.6 is 0 Å². The molecular weight excluding hydrogens is 445 g/mol. The second-order valence-corrected chi connectivity index (χ2v) is 8.24. The van der Waals surface area contributed by atoms with Gasteiger partial charge in [-0.1, -0.05) is 12.1 Å². The van der Waals surface area contributed by atoms with Crippen molar-refractivity contribution in [1.29, 1.82) is 0 Å². The summed E-state index contributed by atoms with van der Waals surface area (Å²) in [6.45, 7) is 2.25. The molecule has 1 aliphatic heterocycles. The van der Waals surface area contributed by atoms with Gasteiger partial charge in [0.25, 0.3) is 0 Å². The standard InChI is InChI=1S/C24H21F3N6O/c1-13-29-22(28)20-17(12-31(2)23(20)30-13)16-7-6-15(10-19(16)26)33-9-8-32(24(33)34)11-14-4-3-5-18(25)21(14)27/h3-7,10,12H,8-9,11H2,1-2H3,(H2,28,29,30). The van der Waals surface area contributed by atoms with Gasteiger partial charge in [-0.3, -0.25) is 4.90 Å². The van der Waals surface area contributed by atoms with Gasteiger partial charge in [-0.15, -0.1) is 0 Å². The molecule has 0 bridgehead atoms. The Hall–Kier alpha value is -4.08. The van der Waals surface area contributed by atoms with Gasteiger partial charge in [0.05, 0.1) is 11.9 Å². The number of fused-ring (bicyclic) bond motifs is 1. The highest BCUT2D eigenvalue weighted by Gasteiger charge is 2.31. The summed E-state index contributed by atoms with van der Waals surface area (Å²) in [6.07, 6.45) is 1.74. The van der Waals surface area contributed by atoms with E-state index >= 15 is 4.39 Å². The fraction of sp³-hybridized carbons (Fsp3) is 0.208. The summed E-state index contributed by atoms with van der Waals surface area (Å²) in [6, 6.07) is 7.96. The lowest BCUT2D eigenvalue weighted by molar-refractivity contribution is 0.218. The highest BCUT2D eigenvalue weighted by molar-refractivity contribution is 6.01. The predicted octanol–water partition coefficient (Wildman–Crippen LogP) is 4.39. The van der Waals surface area contributed by atoms with Crippen molar-refractivity contribution < 1.29 is 18.0 Å². The van der Waals surface area contributed by atoms with E-state index in [4.69, 9.17) is 5.73 Å². The zero-order valence-corrected chi connectivity index (χ0v) is 18.5. The van der Waals surface area contributed by atoms with Crippen LogP contribution < -0.4 is 10.6 Å². The topological polar surface area (TPSA) is 80.3 Å². The third kappa shape index (κ3) is 3.51. The Morgan fingerprint density at radius 3 is 2.59 bits per heavy atom. The average Bonchev–Trinajstić information content (AvgIpc) is 3.31. The largest absolute Gasteiger partial charge is 0.383 e. The van der Waals surface area contributed by atoms with E-state index in [9.17, 15) is 13.6 Å². The van der Waals surface area contributed by atoms with Crippen LogP contribution in [-0.2, 0) is 13.6 Å². The molecule has 174 valence electrons. The summed E-state index contributed by atoms with van der Waals surface area (Å²) in [5.74, 6) is -1.70. The van der Waals surface area contributed by atoms with Crippen molar-refractivity contribution in [1.82, 2.24) is 19.4 Å². The van der Waals surface area contributed by atoms with Crippen LogP contribution in [0.3, 0.4) is 0 Å². The quantitative estimate of drug-likeness (QED) is 0.484. The number of anilines is 2. The van der Waals surface area contributed by atoms with Gasteiger partial charge in [-0.2, -0.15) is 0 Å². The van der Waals surface area contributed by atoms with Gasteiger partial charge in [-0.25, -0.2) is 27.9 Å². The third-order valence-electron chi connectivity index (χ3n) is 6.00. The number of amides is 2. The van der Waals surface area contributed by atoms with Gasteiger partial charge in [0.15, 0.2) is 11.6 Å². The molecule has 1 fully saturated rings. The number of nitrogens with two attached hydrogens (primary N) is 1. The van der Waals surface area contributed by atoms with E-state index in [0.717, 1.165) is 6.07 Å². The maximum atomic E-state index is 15.3. The van der Waals surface area contributed by atoms with Crippen molar-refractivity contribution in [2.75, 3.05) is 23.7 Å². The minimum Gasteiger partial charge on any atom is -0.383 e. The normalized spacial score (nSPS) is 14.0. The van der Waals surface area contributed by atoms with Crippen LogP contribution in [0.15, 0.2) is 42.6 Å². The molecule has 1 aliphatic rings. The lowest BCUT2D eigenvalue weighted by Crippen LogP contribution is -2.31. The van der Waals surface area contributed by atoms with Gasteiger partial charge in [0, 0.05) is 48.7 Å². The minimum absolute atomic E-state index is 0.0752. The smallest absolute Gasteiger partial charge is 0.324 e. The first-order chi connectivity index (χ1) is 16.2. The van der Waals surface area contributed by atoms with Crippen molar-refractivity contribution in [3.05, 3.63) is 71.4 Å². The first-order valence-corrected chi connectivity index (χ1v) is 10.6. The number of nitrogen functional groups attached to an aromatic ring is 1. The summed E-state index contributed by atoms with van der Waals surface area (Å²) in [5.41, 5.74) is 8.02. The Balaban J connectivity index is 1.43. The van der Waals surface area contributed by atoms with Crippen LogP contribution in [0.1, 0.15) is 11.4 Å². The second kappa shape index (κ2) is 8.05. The van der Waals surface area contributed by atoms with Crippen molar-refractivity contribution in [2.45, 2.75) is 13.5 Å². The van der Waals surface area contributed by atoms with Crippen LogP contribution in [0.2, 0.25) is 0 Å². The molecule has 2 aromatic carbocycles. The maximum absolute atomic E-state index is 15.3. The number of benzene rings is 2. The van der Waals surface area contributed by atoms with Crippen molar-refractivity contribution >= 4 is 28.6 Å². The molecule has 1 saturated heterocycles. The lowest BCUT2D eigenvalue weighted by Gasteiger charge is -2.19. The number of hydrogen-bond donors (Lipinski definition) is 1. The first-order valence-electron chi connectivity index (χ1n) is 10.6. The molecule has 2 amide bonds. The van der Waals surface area contributed by atoms with Gasteiger partial charge in [0.2, 0.25) is 0 Å². The fourth-order valence-corrected chi connectivity index (χ4v) is 4.35. The zero-order chi connectivity index (χ0) is 24.1. The third-order valence-corrected chi connectivity index (χ3v) is 6.00. The molecule has 0 unspecified atom stereocenters. The van der Waals surface area contributed by atoms with E-state index in [-0.39, 0.29) is 17.9 Å². The minimum atomic E-state index is -0.974. The predicted molar refractivity (Wildman–Crippen MR) is 123 cm³/mol. The molecule has 2 aromatic heterocycles. The molecule has 10 heteroatoms. The molecule has 3 heterocycles. The molecule has 7 nitrogen and oxygen atoms in total. The summed E-state index contributed by atoms with van der Waals surface area (Å²) in [5, 5.41) is 0.556. The Morgan fingerprint density at radius 1 is 1.03 bits per heavy atom. The molecule has 2 N–H and O–H groups in total. The van der Waals surface area contributed by atoms with E-state index < -0.39 is 23.5 Å². The number of rotatable bonds is 4. The molecule has 34 heavy (non-hydrogen) atoms. The number of halogens is 3. The SMILES string of the molecule is Cc1nc(N)c2c(-c3ccc(N4CCN(Cc5cccc(F)c5F)C4=O)cc3F)cn(C)c2n1. The van der Waals surface area contributed by atoms with Crippen LogP contribution in [0.5, 0.6) is 0 Å². The monoisotopic (exact) mass is 466 g/mol. The number of carbonyl (C=O) groups is 1. The van der Waals surface area contributed by atoms with Crippen LogP contribution in [0.25, 0.3) is 22.2 Å². The van der Waals surface area contributed by atoms with Crippen LogP contribution in [0.4, 0.5) is 29.5 Å². The lowest BCUT2D eigenvalue weighted by atomic mass is 10.0. The van der Waals surface area contributed by atoms with Crippen LogP contribution in [-0.4, -0.2) is 38.6 Å². The van der Waals surface area contributed by atoms with Gasteiger partial charge in [-0.05, 0) is 31.2 Å². The maximum Gasteiger partial charge on any atom is 0.324 e. The molecule has 0 atom stereocenters. The van der Waals surface area contributed by atoms with Crippen molar-refractivity contribution in [3.63, 3.8) is 0 Å². The zero-order valence-electron chi connectivity index (χ0n) is 18.5. The highest BCUT2D eigenvalue weighted by atomic mass is 19.2. The highest BCUT2D eigenvalue weighted by Crippen LogP contribution is 2.36. The summed E-state index contributed by atoms with van der Waals surface area (Å²) in [4.78, 5) is 24.3. The molecular formula is C24H21F3N6O. The number of aryl methyl sites for hydroxylation is 2. The molecule has 0 radical (unpaired) electrons. The average molecular weight is 466 g/mol. The van der Waals surface area contributed by atoms with Crippen molar-refractivity contribution in [2.24, 2.45) is 7.05 Å². The molecule has 0 spiro atoms. The number of hydrogen-bond acceptors (Lipinski definition) is 4. The Kier molecular flexibility index (Phi) is 5.15. The van der Waals surface area contributed by atoms with E-state index in [0.29, 0.717) is 46.8 Å². The second-order valence-electron chi connectivity index (χ2n) is 8.24. The van der Waals surface area contributed by atoms with Gasteiger partial charge >= 0.3 is 6.03 Å². The molecule has 5 rings (SSSR count). The van der Waals surface area contributed by atoms with Gasteiger partial charge in [0.1, 0.15) is 23.1 Å². The fourth-order valence-electron chi connectivity index (χ4n) is 4.35. The summed E-state index contributed by atoms with van der Waals surface area (Å²) in [7, 11) is 1.79. The Labute approximate surface area is 193 Å². The van der Waals surface area contributed by atoms with Crippen LogP contribution in [0, 0.1) is 24.4 Å². The van der Waals surface area contributed by atoms with E-state index in [1.165, 1.54) is 28.0 Å². The van der Waals surface area contributed by atoms with E-state index in [2.05, 4.69) is 9.97 Å². The molecule has 0 saturated carbocycles. The van der Waals surface area contributed by atoms with E-state index in [1.54, 1.807) is 36.9 Å².